The van der Waals surface area contributed by atoms with E-state index in [2.05, 4.69) is 34.9 Å². The summed E-state index contributed by atoms with van der Waals surface area (Å²) in [5, 5.41) is 1.37. The van der Waals surface area contributed by atoms with Gasteiger partial charge in [-0.2, -0.15) is 0 Å². The number of hydrogen-bond acceptors (Lipinski definition) is 0. The fourth-order valence-electron chi connectivity index (χ4n) is 1.64. The Hall–Kier alpha value is 1.50. The molecular weight excluding hydrogens is 316 g/mol. The molecule has 0 amide bonds. The van der Waals surface area contributed by atoms with Crippen LogP contribution in [-0.2, 0) is 0 Å². The van der Waals surface area contributed by atoms with Crippen molar-refractivity contribution in [1.82, 2.24) is 0 Å². The summed E-state index contributed by atoms with van der Waals surface area (Å²) in [6.07, 6.45) is 5.89. The monoisotopic (exact) mass is 330 g/mol. The summed E-state index contributed by atoms with van der Waals surface area (Å²) in [7, 11) is -1.60. The van der Waals surface area contributed by atoms with E-state index in [1.165, 1.54) is 30.9 Å². The normalized spacial score (nSPS) is 21.9. The van der Waals surface area contributed by atoms with Crippen LogP contribution in [0.1, 0.15) is 32.6 Å². The molecule has 0 radical (unpaired) electrons. The molecule has 0 nitrogen and oxygen atoms in total. The zero-order valence-corrected chi connectivity index (χ0v) is 11.6. The maximum absolute atomic E-state index is 3.91. The van der Waals surface area contributed by atoms with Gasteiger partial charge in [0.2, 0.25) is 0 Å². The minimum absolute atomic E-state index is 1.05. The molecule has 10 heavy (non-hydrogen) atoms. The van der Waals surface area contributed by atoms with E-state index < -0.39 is 9.58 Å². The molecule has 0 N–H and O–H groups in total. The zero-order chi connectivity index (χ0) is 7.61. The van der Waals surface area contributed by atoms with Crippen LogP contribution in [-0.4, -0.2) is 9.58 Å². The second-order valence-corrected chi connectivity index (χ2v) is 29.7. The number of rotatable bonds is 2. The topological polar surface area (TPSA) is 0 Å². The summed E-state index contributed by atoms with van der Waals surface area (Å²) in [5.41, 5.74) is 0. The molecule has 1 fully saturated rings. The molecule has 0 unspecified atom stereocenters. The van der Waals surface area contributed by atoms with Gasteiger partial charge in [-0.1, -0.05) is 0 Å². The quantitative estimate of drug-likeness (QED) is 0.666. The van der Waals surface area contributed by atoms with Gasteiger partial charge in [-0.3, -0.25) is 0 Å². The third-order valence-corrected chi connectivity index (χ3v) is 20.7. The molecule has 0 saturated heterocycles. The number of hydrogen-bond donors (Lipinski definition) is 0. The van der Waals surface area contributed by atoms with Gasteiger partial charge in [0, 0.05) is 0 Å². The maximum atomic E-state index is 3.91. The van der Waals surface area contributed by atoms with Crippen LogP contribution in [0.4, 0.5) is 0 Å². The first-order valence-electron chi connectivity index (χ1n) is 4.04. The van der Waals surface area contributed by atoms with Crippen molar-refractivity contribution < 1.29 is 0 Å². The van der Waals surface area contributed by atoms with Crippen molar-refractivity contribution in [2.24, 2.45) is 0 Å². The fraction of sp³-hybridized carbons (Fsp3) is 1.00. The summed E-state index contributed by atoms with van der Waals surface area (Å²) in [6.45, 7) is 2.31. The minimum atomic E-state index is -1.60. The van der Waals surface area contributed by atoms with Crippen molar-refractivity contribution in [3.8, 4) is 0 Å². The van der Waals surface area contributed by atoms with Gasteiger partial charge in [-0.25, -0.2) is 0 Å². The van der Waals surface area contributed by atoms with Gasteiger partial charge in [0.15, 0.2) is 0 Å². The van der Waals surface area contributed by atoms with Gasteiger partial charge in [-0.05, 0) is 0 Å². The van der Waals surface area contributed by atoms with E-state index in [1.807, 2.05) is 0 Å². The van der Waals surface area contributed by atoms with Gasteiger partial charge in [0.25, 0.3) is 0 Å². The summed E-state index contributed by atoms with van der Waals surface area (Å²) in [5.74, 6) is 0. The van der Waals surface area contributed by atoms with E-state index in [9.17, 15) is 0 Å². The molecular formula is C7H14Br2Ge. The third kappa shape index (κ3) is 2.24. The standard InChI is InChI=1S/C7H14Br2Ge/c1-2-10(8,9)7-5-3-4-6-7/h7H,2-6H2,1H3. The molecule has 0 aromatic heterocycles. The van der Waals surface area contributed by atoms with Gasteiger partial charge in [0.05, 0.1) is 0 Å². The molecule has 1 saturated carbocycles. The van der Waals surface area contributed by atoms with Gasteiger partial charge in [0.1, 0.15) is 0 Å². The molecule has 0 atom stereocenters. The van der Waals surface area contributed by atoms with Crippen LogP contribution in [0, 0.1) is 0 Å². The first kappa shape index (κ1) is 9.59. The molecule has 0 spiro atoms. The van der Waals surface area contributed by atoms with E-state index in [-0.39, 0.29) is 0 Å². The Balaban J connectivity index is 2.45. The molecule has 3 heteroatoms. The van der Waals surface area contributed by atoms with Crippen molar-refractivity contribution in [3.05, 3.63) is 0 Å². The molecule has 0 bridgehead atoms. The van der Waals surface area contributed by atoms with E-state index >= 15 is 0 Å². The second-order valence-electron chi connectivity index (χ2n) is 3.10. The van der Waals surface area contributed by atoms with Crippen LogP contribution in [0.3, 0.4) is 0 Å². The van der Waals surface area contributed by atoms with Crippen LogP contribution in [0.5, 0.6) is 0 Å². The fourth-order valence-corrected chi connectivity index (χ4v) is 10.2. The molecule has 0 aromatic carbocycles. The SMILES string of the molecule is C[CH2][Ge]([Br])([Br])[CH]1CCCC1. The van der Waals surface area contributed by atoms with E-state index in [1.54, 1.807) is 0 Å². The zero-order valence-electron chi connectivity index (χ0n) is 6.37. The molecule has 1 rings (SSSR count). The summed E-state index contributed by atoms with van der Waals surface area (Å²) in [4.78, 5) is 0. The Kier molecular flexibility index (Phi) is 3.78. The van der Waals surface area contributed by atoms with Crippen LogP contribution in [0.25, 0.3) is 0 Å². The van der Waals surface area contributed by atoms with Crippen LogP contribution < -0.4 is 0 Å². The van der Waals surface area contributed by atoms with Gasteiger partial charge in [-0.15, -0.1) is 0 Å². The Morgan fingerprint density at radius 3 is 2.20 bits per heavy atom. The molecule has 1 aliphatic carbocycles. The molecule has 0 aliphatic heterocycles. The van der Waals surface area contributed by atoms with Crippen molar-refractivity contribution in [1.29, 1.82) is 0 Å². The summed E-state index contributed by atoms with van der Waals surface area (Å²) >= 11 is 7.82. The average molecular weight is 331 g/mol. The Morgan fingerprint density at radius 1 is 1.30 bits per heavy atom. The predicted octanol–water partition coefficient (Wildman–Crippen LogP) is 4.18. The van der Waals surface area contributed by atoms with E-state index in [4.69, 9.17) is 0 Å². The van der Waals surface area contributed by atoms with Crippen molar-refractivity contribution >= 4 is 37.6 Å². The molecule has 60 valence electrons. The van der Waals surface area contributed by atoms with Crippen molar-refractivity contribution in [2.75, 3.05) is 0 Å². The molecule has 0 heterocycles. The molecule has 0 aromatic rings. The van der Waals surface area contributed by atoms with Crippen molar-refractivity contribution in [3.63, 3.8) is 0 Å². The Morgan fingerprint density at radius 2 is 1.80 bits per heavy atom. The van der Waals surface area contributed by atoms with E-state index in [0.29, 0.717) is 0 Å². The van der Waals surface area contributed by atoms with E-state index in [0.717, 1.165) is 4.75 Å². The van der Waals surface area contributed by atoms with Crippen LogP contribution in [0.15, 0.2) is 0 Å². The Bertz CT molecular complexity index is 108. The predicted molar refractivity (Wildman–Crippen MR) is 56.3 cm³/mol. The molecule has 1 aliphatic rings. The van der Waals surface area contributed by atoms with Crippen LogP contribution >= 0.6 is 28.0 Å². The summed E-state index contributed by atoms with van der Waals surface area (Å²) < 4.78 is 1.05. The third-order valence-electron chi connectivity index (χ3n) is 2.42. The second kappa shape index (κ2) is 3.95. The van der Waals surface area contributed by atoms with Gasteiger partial charge < -0.3 is 0 Å². The van der Waals surface area contributed by atoms with Gasteiger partial charge >= 0.3 is 80.2 Å². The van der Waals surface area contributed by atoms with Crippen molar-refractivity contribution in [2.45, 2.75) is 42.6 Å². The number of halogens is 2. The Labute approximate surface area is 79.7 Å². The first-order valence-corrected chi connectivity index (χ1v) is 16.6. The summed E-state index contributed by atoms with van der Waals surface area (Å²) in [6, 6.07) is 0. The first-order chi connectivity index (χ1) is 4.67. The average Bonchev–Trinajstić information content (AvgIpc) is 2.38. The van der Waals surface area contributed by atoms with Crippen LogP contribution in [0.2, 0.25) is 10.0 Å².